The van der Waals surface area contributed by atoms with Gasteiger partial charge in [-0.2, -0.15) is 0 Å². The molecule has 0 saturated carbocycles. The van der Waals surface area contributed by atoms with Crippen LogP contribution in [0, 0.1) is 0 Å². The molecule has 2 N–H and O–H groups in total. The molecule has 1 aromatic carbocycles. The van der Waals surface area contributed by atoms with E-state index in [1.165, 1.54) is 7.11 Å². The van der Waals surface area contributed by atoms with Crippen LogP contribution in [0.1, 0.15) is 18.1 Å². The molecule has 0 aliphatic rings. The second-order valence-corrected chi connectivity index (χ2v) is 4.72. The van der Waals surface area contributed by atoms with Crippen molar-refractivity contribution in [2.45, 2.75) is 18.6 Å². The van der Waals surface area contributed by atoms with Crippen LogP contribution in [0.4, 0.5) is 0 Å². The molecule has 108 valence electrons. The van der Waals surface area contributed by atoms with E-state index in [0.717, 1.165) is 16.6 Å². The summed E-state index contributed by atoms with van der Waals surface area (Å²) >= 11 is 0. The van der Waals surface area contributed by atoms with E-state index in [9.17, 15) is 9.90 Å². The van der Waals surface area contributed by atoms with Gasteiger partial charge >= 0.3 is 5.97 Å². The number of carbonyl (C=O) groups is 1. The van der Waals surface area contributed by atoms with Crippen molar-refractivity contribution < 1.29 is 14.6 Å². The molecule has 2 aromatic rings. The summed E-state index contributed by atoms with van der Waals surface area (Å²) in [6.45, 7) is 0. The molecule has 0 saturated heterocycles. The molecule has 0 fully saturated rings. The third-order valence-electron chi connectivity index (χ3n) is 3.46. The fraction of sp³-hybridized carbons (Fsp3) is 0.429. The van der Waals surface area contributed by atoms with Crippen LogP contribution in [0.2, 0.25) is 0 Å². The number of aliphatic hydroxyl groups is 1. The number of nitrogens with one attached hydrogen (secondary N) is 1. The fourth-order valence-corrected chi connectivity index (χ4v) is 2.20. The number of nitrogens with zero attached hydrogens (tertiary/aromatic N) is 2. The Morgan fingerprint density at radius 2 is 2.30 bits per heavy atom. The van der Waals surface area contributed by atoms with Gasteiger partial charge in [-0.1, -0.05) is 6.07 Å². The molecule has 1 heterocycles. The molecule has 2 unspecified atom stereocenters. The lowest BCUT2D eigenvalue weighted by Gasteiger charge is -2.21. The average Bonchev–Trinajstić information content (AvgIpc) is 2.84. The monoisotopic (exact) mass is 277 g/mol. The van der Waals surface area contributed by atoms with Gasteiger partial charge in [-0.3, -0.25) is 4.79 Å². The number of aliphatic hydroxyl groups excluding tert-OH is 1. The normalized spacial score (nSPS) is 14.2. The number of carbonyl (C=O) groups excluding carboxylic acids is 1. The first-order chi connectivity index (χ1) is 9.56. The van der Waals surface area contributed by atoms with Crippen LogP contribution in [0.5, 0.6) is 0 Å². The topological polar surface area (TPSA) is 76.4 Å². The van der Waals surface area contributed by atoms with E-state index in [-0.39, 0.29) is 12.4 Å². The first-order valence-corrected chi connectivity index (χ1v) is 6.40. The second kappa shape index (κ2) is 6.02. The molecule has 2 rings (SSSR count). The van der Waals surface area contributed by atoms with E-state index in [0.29, 0.717) is 0 Å². The zero-order valence-electron chi connectivity index (χ0n) is 11.8. The third kappa shape index (κ3) is 2.81. The molecular weight excluding hydrogens is 258 g/mol. The average molecular weight is 277 g/mol. The summed E-state index contributed by atoms with van der Waals surface area (Å²) < 4.78 is 6.55. The highest BCUT2D eigenvalue weighted by Gasteiger charge is 2.23. The first-order valence-electron chi connectivity index (χ1n) is 6.40. The number of benzene rings is 1. The van der Waals surface area contributed by atoms with Crippen LogP contribution >= 0.6 is 0 Å². The minimum Gasteiger partial charge on any atom is -0.469 e. The number of likely N-dealkylation sites (N-methyl/N-ethyl adjacent to an activating group) is 1. The molecule has 6 nitrogen and oxygen atoms in total. The molecule has 0 aliphatic carbocycles. The maximum Gasteiger partial charge on any atom is 0.307 e. The minimum absolute atomic E-state index is 0.106. The Labute approximate surface area is 117 Å². The number of hydrogen-bond donors (Lipinski definition) is 2. The third-order valence-corrected chi connectivity index (χ3v) is 3.46. The molecule has 0 bridgehead atoms. The number of imidazole rings is 1. The largest absolute Gasteiger partial charge is 0.469 e. The van der Waals surface area contributed by atoms with Crippen molar-refractivity contribution >= 4 is 17.0 Å². The summed E-state index contributed by atoms with van der Waals surface area (Å²) in [6.07, 6.45) is 1.03. The summed E-state index contributed by atoms with van der Waals surface area (Å²) in [7, 11) is 4.95. The van der Waals surface area contributed by atoms with Crippen molar-refractivity contribution in [2.75, 3.05) is 14.2 Å². The molecule has 2 atom stereocenters. The highest BCUT2D eigenvalue weighted by atomic mass is 16.5. The van der Waals surface area contributed by atoms with Crippen molar-refractivity contribution in [3.8, 4) is 0 Å². The lowest BCUT2D eigenvalue weighted by molar-refractivity contribution is -0.141. The van der Waals surface area contributed by atoms with Gasteiger partial charge < -0.3 is 19.7 Å². The number of esters is 1. The maximum absolute atomic E-state index is 11.3. The quantitative estimate of drug-likeness (QED) is 0.789. The second-order valence-electron chi connectivity index (χ2n) is 4.72. The van der Waals surface area contributed by atoms with Gasteiger partial charge in [0.2, 0.25) is 0 Å². The summed E-state index contributed by atoms with van der Waals surface area (Å²) in [6, 6.07) is 5.19. The number of rotatable bonds is 5. The van der Waals surface area contributed by atoms with Crippen molar-refractivity contribution in [2.24, 2.45) is 7.05 Å². The van der Waals surface area contributed by atoms with Crippen molar-refractivity contribution in [1.82, 2.24) is 14.9 Å². The molecule has 6 heteroatoms. The zero-order valence-corrected chi connectivity index (χ0v) is 11.8. The predicted octanol–water partition coefficient (Wildman–Crippen LogP) is 0.758. The standard InChI is InChI=1S/C14H19N3O3/c1-15-11(7-13(18)20-3)14(19)9-4-5-12-10(6-9)16-8-17(12)2/h4-6,8,11,14-15,19H,7H2,1-3H3. The number of ether oxygens (including phenoxy) is 1. The van der Waals surface area contributed by atoms with Crippen molar-refractivity contribution in [3.05, 3.63) is 30.1 Å². The van der Waals surface area contributed by atoms with Gasteiger partial charge in [0.05, 0.1) is 37.0 Å². The number of aryl methyl sites for hydroxylation is 1. The minimum atomic E-state index is -0.800. The molecule has 0 amide bonds. The predicted molar refractivity (Wildman–Crippen MR) is 75.2 cm³/mol. The Hall–Kier alpha value is -1.92. The van der Waals surface area contributed by atoms with Crippen LogP contribution in [0.15, 0.2) is 24.5 Å². The fourth-order valence-electron chi connectivity index (χ4n) is 2.20. The van der Waals surface area contributed by atoms with Crippen LogP contribution in [0.3, 0.4) is 0 Å². The Kier molecular flexibility index (Phi) is 4.36. The Bertz CT molecular complexity index is 609. The van der Waals surface area contributed by atoms with Gasteiger partial charge in [0.1, 0.15) is 0 Å². The summed E-state index contributed by atoms with van der Waals surface area (Å²) in [5, 5.41) is 13.3. The lowest BCUT2D eigenvalue weighted by atomic mass is 9.99. The lowest BCUT2D eigenvalue weighted by Crippen LogP contribution is -2.34. The van der Waals surface area contributed by atoms with Crippen molar-refractivity contribution in [3.63, 3.8) is 0 Å². The van der Waals surface area contributed by atoms with E-state index < -0.39 is 12.1 Å². The summed E-state index contributed by atoms with van der Waals surface area (Å²) in [5.74, 6) is -0.359. The molecular formula is C14H19N3O3. The first kappa shape index (κ1) is 14.5. The highest BCUT2D eigenvalue weighted by molar-refractivity contribution is 5.76. The molecule has 0 aliphatic heterocycles. The smallest absolute Gasteiger partial charge is 0.307 e. The number of fused-ring (bicyclic) bond motifs is 1. The Balaban J connectivity index is 2.24. The van der Waals surface area contributed by atoms with Crippen LogP contribution in [0.25, 0.3) is 11.0 Å². The van der Waals surface area contributed by atoms with E-state index >= 15 is 0 Å². The molecule has 0 radical (unpaired) electrons. The Morgan fingerprint density at radius 1 is 1.55 bits per heavy atom. The van der Waals surface area contributed by atoms with E-state index in [4.69, 9.17) is 0 Å². The molecule has 20 heavy (non-hydrogen) atoms. The molecule has 0 spiro atoms. The SMILES string of the molecule is CNC(CC(=O)OC)C(O)c1ccc2c(c1)ncn2C. The van der Waals surface area contributed by atoms with Crippen LogP contribution in [-0.4, -0.2) is 40.8 Å². The highest BCUT2D eigenvalue weighted by Crippen LogP contribution is 2.23. The van der Waals surface area contributed by atoms with Gasteiger partial charge in [0, 0.05) is 13.1 Å². The Morgan fingerprint density at radius 3 is 2.95 bits per heavy atom. The zero-order chi connectivity index (χ0) is 14.7. The number of aromatic nitrogens is 2. The number of methoxy groups -OCH3 is 1. The van der Waals surface area contributed by atoms with Crippen LogP contribution in [-0.2, 0) is 16.6 Å². The summed E-state index contributed by atoms with van der Waals surface area (Å²) in [5.41, 5.74) is 2.53. The number of hydrogen-bond acceptors (Lipinski definition) is 5. The van der Waals surface area contributed by atoms with Crippen molar-refractivity contribution in [1.29, 1.82) is 0 Å². The van der Waals surface area contributed by atoms with E-state index in [1.54, 1.807) is 13.4 Å². The van der Waals surface area contributed by atoms with Gasteiger partial charge in [-0.25, -0.2) is 4.98 Å². The van der Waals surface area contributed by atoms with E-state index in [2.05, 4.69) is 15.0 Å². The van der Waals surface area contributed by atoms with Gasteiger partial charge in [0.25, 0.3) is 0 Å². The van der Waals surface area contributed by atoms with E-state index in [1.807, 2.05) is 29.8 Å². The van der Waals surface area contributed by atoms with Gasteiger partial charge in [-0.15, -0.1) is 0 Å². The van der Waals surface area contributed by atoms with Crippen LogP contribution < -0.4 is 5.32 Å². The summed E-state index contributed by atoms with van der Waals surface area (Å²) in [4.78, 5) is 15.6. The maximum atomic E-state index is 11.3. The van der Waals surface area contributed by atoms with Gasteiger partial charge in [0.15, 0.2) is 0 Å². The van der Waals surface area contributed by atoms with Gasteiger partial charge in [-0.05, 0) is 24.7 Å². The molecule has 1 aromatic heterocycles.